The van der Waals surface area contributed by atoms with Crippen LogP contribution >= 0.6 is 22.6 Å². The van der Waals surface area contributed by atoms with E-state index in [-0.39, 0.29) is 5.82 Å². The Morgan fingerprint density at radius 2 is 2.05 bits per heavy atom. The lowest BCUT2D eigenvalue weighted by atomic mass is 10.2. The average Bonchev–Trinajstić information content (AvgIpc) is 2.50. The van der Waals surface area contributed by atoms with E-state index in [1.165, 1.54) is 24.3 Å². The molecule has 0 heterocycles. The van der Waals surface area contributed by atoms with E-state index in [1.807, 2.05) is 25.1 Å². The summed E-state index contributed by atoms with van der Waals surface area (Å²) in [7, 11) is 0. The van der Waals surface area contributed by atoms with Gasteiger partial charge < -0.3 is 4.74 Å². The fourth-order valence-corrected chi connectivity index (χ4v) is 2.40. The van der Waals surface area contributed by atoms with Crippen molar-refractivity contribution in [3.8, 4) is 5.75 Å². The second-order valence-corrected chi connectivity index (χ2v) is 5.49. The summed E-state index contributed by atoms with van der Waals surface area (Å²) in [6.07, 6.45) is 1.54. The third-order valence-corrected chi connectivity index (χ3v) is 3.58. The van der Waals surface area contributed by atoms with Gasteiger partial charge in [0.25, 0.3) is 5.91 Å². The van der Waals surface area contributed by atoms with E-state index >= 15 is 0 Å². The van der Waals surface area contributed by atoms with Crippen molar-refractivity contribution in [3.63, 3.8) is 0 Å². The molecule has 0 fully saturated rings. The molecule has 0 unspecified atom stereocenters. The number of hydrazone groups is 1. The van der Waals surface area contributed by atoms with Gasteiger partial charge in [-0.15, -0.1) is 0 Å². The lowest BCUT2D eigenvalue weighted by Crippen LogP contribution is -2.17. The predicted octanol–water partition coefficient (Wildman–Crippen LogP) is 3.59. The van der Waals surface area contributed by atoms with Crippen molar-refractivity contribution in [2.24, 2.45) is 5.10 Å². The largest absolute Gasteiger partial charge is 0.493 e. The van der Waals surface area contributed by atoms with Crippen LogP contribution in [0.5, 0.6) is 5.75 Å². The molecule has 1 amide bonds. The predicted molar refractivity (Wildman–Crippen MR) is 91.8 cm³/mol. The van der Waals surface area contributed by atoms with Crippen LogP contribution in [0.4, 0.5) is 4.39 Å². The van der Waals surface area contributed by atoms with Crippen molar-refractivity contribution in [1.82, 2.24) is 5.43 Å². The molecule has 1 N–H and O–H groups in total. The van der Waals surface area contributed by atoms with E-state index < -0.39 is 5.91 Å². The molecule has 0 saturated heterocycles. The Balaban J connectivity index is 1.98. The molecule has 0 radical (unpaired) electrons. The summed E-state index contributed by atoms with van der Waals surface area (Å²) < 4.78 is 19.2. The highest BCUT2D eigenvalue weighted by atomic mass is 127. The lowest BCUT2D eigenvalue weighted by Gasteiger charge is -2.05. The molecule has 2 aromatic rings. The summed E-state index contributed by atoms with van der Waals surface area (Å²) in [5.41, 5.74) is 3.59. The first-order valence-corrected chi connectivity index (χ1v) is 7.69. The molecule has 0 aromatic heterocycles. The number of carbonyl (C=O) groups excluding carboxylic acids is 1. The first-order valence-electron chi connectivity index (χ1n) is 6.61. The number of nitrogens with one attached hydrogen (secondary N) is 1. The Kier molecular flexibility index (Phi) is 5.88. The Hall–Kier alpha value is -1.96. The van der Waals surface area contributed by atoms with Crippen molar-refractivity contribution in [2.75, 3.05) is 6.61 Å². The summed E-state index contributed by atoms with van der Waals surface area (Å²) in [5, 5.41) is 3.89. The van der Waals surface area contributed by atoms with Crippen LogP contribution in [0.3, 0.4) is 0 Å². The van der Waals surface area contributed by atoms with E-state index in [9.17, 15) is 9.18 Å². The summed E-state index contributed by atoms with van der Waals surface area (Å²) in [6.45, 7) is 2.54. The first-order chi connectivity index (χ1) is 10.6. The molecule has 0 saturated carbocycles. The molecule has 0 aliphatic heterocycles. The van der Waals surface area contributed by atoms with Crippen LogP contribution in [-0.4, -0.2) is 18.7 Å². The van der Waals surface area contributed by atoms with E-state index in [0.29, 0.717) is 12.2 Å². The number of halogens is 2. The molecule has 114 valence electrons. The zero-order valence-electron chi connectivity index (χ0n) is 11.8. The molecular weight excluding hydrogens is 398 g/mol. The summed E-state index contributed by atoms with van der Waals surface area (Å²) in [6, 6.07) is 10.9. The van der Waals surface area contributed by atoms with Crippen LogP contribution in [0.2, 0.25) is 0 Å². The highest BCUT2D eigenvalue weighted by molar-refractivity contribution is 14.1. The van der Waals surface area contributed by atoms with Crippen molar-refractivity contribution in [3.05, 3.63) is 63.0 Å². The van der Waals surface area contributed by atoms with Crippen LogP contribution in [-0.2, 0) is 0 Å². The fourth-order valence-electron chi connectivity index (χ4n) is 1.70. The first kappa shape index (κ1) is 16.4. The molecule has 0 aliphatic rings. The van der Waals surface area contributed by atoms with Gasteiger partial charge >= 0.3 is 0 Å². The Morgan fingerprint density at radius 3 is 2.68 bits per heavy atom. The van der Waals surface area contributed by atoms with Gasteiger partial charge in [-0.3, -0.25) is 4.79 Å². The molecule has 0 aliphatic carbocycles. The van der Waals surface area contributed by atoms with Crippen molar-refractivity contribution in [2.45, 2.75) is 6.92 Å². The minimum atomic E-state index is -0.392. The third-order valence-electron chi connectivity index (χ3n) is 2.74. The third kappa shape index (κ3) is 4.52. The van der Waals surface area contributed by atoms with Crippen LogP contribution in [0.15, 0.2) is 47.6 Å². The number of amides is 1. The van der Waals surface area contributed by atoms with Crippen LogP contribution in [0, 0.1) is 9.39 Å². The highest BCUT2D eigenvalue weighted by Gasteiger charge is 2.04. The summed E-state index contributed by atoms with van der Waals surface area (Å²) in [4.78, 5) is 11.8. The smallest absolute Gasteiger partial charge is 0.271 e. The Labute approximate surface area is 141 Å². The second kappa shape index (κ2) is 7.88. The number of hydrogen-bond donors (Lipinski definition) is 1. The van der Waals surface area contributed by atoms with Gasteiger partial charge in [0.2, 0.25) is 0 Å². The monoisotopic (exact) mass is 412 g/mol. The Bertz CT molecular complexity index is 687. The van der Waals surface area contributed by atoms with Gasteiger partial charge in [0.05, 0.1) is 16.4 Å². The maximum atomic E-state index is 12.8. The minimum absolute atomic E-state index is 0.347. The summed E-state index contributed by atoms with van der Waals surface area (Å²) >= 11 is 2.18. The SMILES string of the molecule is CCOc1ccc(/C=N\NC(=O)c2ccc(F)cc2)cc1I. The number of ether oxygens (including phenoxy) is 1. The van der Waals surface area contributed by atoms with E-state index in [2.05, 4.69) is 33.1 Å². The number of nitrogens with zero attached hydrogens (tertiary/aromatic N) is 1. The van der Waals surface area contributed by atoms with Gasteiger partial charge in [0.1, 0.15) is 11.6 Å². The van der Waals surface area contributed by atoms with Crippen LogP contribution < -0.4 is 10.2 Å². The van der Waals surface area contributed by atoms with E-state index in [4.69, 9.17) is 4.74 Å². The van der Waals surface area contributed by atoms with Crippen molar-refractivity contribution < 1.29 is 13.9 Å². The number of hydrogen-bond acceptors (Lipinski definition) is 3. The van der Waals surface area contributed by atoms with E-state index in [0.717, 1.165) is 14.9 Å². The van der Waals surface area contributed by atoms with Gasteiger partial charge in [-0.1, -0.05) is 0 Å². The molecule has 2 rings (SSSR count). The maximum absolute atomic E-state index is 12.8. The van der Waals surface area contributed by atoms with E-state index in [1.54, 1.807) is 6.21 Å². The van der Waals surface area contributed by atoms with Gasteiger partial charge in [-0.05, 0) is 77.5 Å². The molecule has 22 heavy (non-hydrogen) atoms. The van der Waals surface area contributed by atoms with Crippen molar-refractivity contribution >= 4 is 34.7 Å². The average molecular weight is 412 g/mol. The van der Waals surface area contributed by atoms with Crippen molar-refractivity contribution in [1.29, 1.82) is 0 Å². The molecular formula is C16H14FIN2O2. The molecule has 4 nitrogen and oxygen atoms in total. The zero-order chi connectivity index (χ0) is 15.9. The molecule has 0 atom stereocenters. The standard InChI is InChI=1S/C16H14FIN2O2/c1-2-22-15-8-3-11(9-14(15)18)10-19-20-16(21)12-4-6-13(17)7-5-12/h3-10H,2H2,1H3,(H,20,21)/b19-10-. The number of carbonyl (C=O) groups is 1. The zero-order valence-corrected chi connectivity index (χ0v) is 14.0. The minimum Gasteiger partial charge on any atom is -0.493 e. The van der Waals surface area contributed by atoms with Gasteiger partial charge in [0, 0.05) is 5.56 Å². The summed E-state index contributed by atoms with van der Waals surface area (Å²) in [5.74, 6) is 0.0384. The lowest BCUT2D eigenvalue weighted by molar-refractivity contribution is 0.0955. The van der Waals surface area contributed by atoms with Gasteiger partial charge in [-0.2, -0.15) is 5.10 Å². The van der Waals surface area contributed by atoms with Gasteiger partial charge in [0.15, 0.2) is 0 Å². The Morgan fingerprint density at radius 1 is 1.32 bits per heavy atom. The maximum Gasteiger partial charge on any atom is 0.271 e. The number of rotatable bonds is 5. The highest BCUT2D eigenvalue weighted by Crippen LogP contribution is 2.21. The quantitative estimate of drug-likeness (QED) is 0.464. The second-order valence-electron chi connectivity index (χ2n) is 4.33. The fraction of sp³-hybridized carbons (Fsp3) is 0.125. The molecule has 6 heteroatoms. The number of benzene rings is 2. The molecule has 0 spiro atoms. The topological polar surface area (TPSA) is 50.7 Å². The normalized spacial score (nSPS) is 10.7. The molecule has 0 bridgehead atoms. The van der Waals surface area contributed by atoms with Gasteiger partial charge in [-0.25, -0.2) is 9.82 Å². The molecule has 2 aromatic carbocycles. The van der Waals surface area contributed by atoms with Crippen LogP contribution in [0.1, 0.15) is 22.8 Å². The van der Waals surface area contributed by atoms with Crippen LogP contribution in [0.25, 0.3) is 0 Å².